The Hall–Kier alpha value is -2.00. The van der Waals surface area contributed by atoms with Gasteiger partial charge in [0.15, 0.2) is 0 Å². The van der Waals surface area contributed by atoms with Gasteiger partial charge in [-0.3, -0.25) is 0 Å². The van der Waals surface area contributed by atoms with Crippen LogP contribution in [0, 0.1) is 0 Å². The van der Waals surface area contributed by atoms with Gasteiger partial charge in [0.2, 0.25) is 0 Å². The summed E-state index contributed by atoms with van der Waals surface area (Å²) in [6.45, 7) is 0. The monoisotopic (exact) mass is 272 g/mol. The first kappa shape index (κ1) is 14.4. The van der Waals surface area contributed by atoms with E-state index in [1.54, 1.807) is 14.2 Å². The molecule has 106 valence electrons. The van der Waals surface area contributed by atoms with E-state index in [1.807, 2.05) is 48.5 Å². The molecule has 2 rings (SSSR count). The maximum absolute atomic E-state index is 10.2. The third-order valence-corrected chi connectivity index (χ3v) is 3.24. The van der Waals surface area contributed by atoms with Crippen LogP contribution < -0.4 is 9.47 Å². The van der Waals surface area contributed by atoms with Gasteiger partial charge in [-0.2, -0.15) is 0 Å². The van der Waals surface area contributed by atoms with Gasteiger partial charge in [-0.25, -0.2) is 0 Å². The van der Waals surface area contributed by atoms with Crippen LogP contribution >= 0.6 is 0 Å². The number of methoxy groups -OCH3 is 2. The Bertz CT molecular complexity index is 534. The van der Waals surface area contributed by atoms with Gasteiger partial charge in [0.1, 0.15) is 11.5 Å². The van der Waals surface area contributed by atoms with Crippen molar-refractivity contribution in [3.05, 3.63) is 59.7 Å². The number of hydrogen-bond acceptors (Lipinski definition) is 3. The minimum atomic E-state index is -0.407. The zero-order valence-electron chi connectivity index (χ0n) is 11.9. The first-order chi connectivity index (χ1) is 9.71. The highest BCUT2D eigenvalue weighted by Crippen LogP contribution is 2.17. The minimum Gasteiger partial charge on any atom is -0.497 e. The van der Waals surface area contributed by atoms with Gasteiger partial charge in [-0.05, 0) is 48.2 Å². The van der Waals surface area contributed by atoms with Crippen LogP contribution in [0.2, 0.25) is 0 Å². The molecule has 0 saturated carbocycles. The average Bonchev–Trinajstić information content (AvgIpc) is 2.48. The molecular weight excluding hydrogens is 252 g/mol. The molecule has 0 aliphatic carbocycles. The van der Waals surface area contributed by atoms with Crippen LogP contribution in [-0.2, 0) is 12.8 Å². The van der Waals surface area contributed by atoms with E-state index in [0.29, 0.717) is 12.8 Å². The fraction of sp³-hybridized carbons (Fsp3) is 0.294. The Kier molecular flexibility index (Phi) is 5.02. The van der Waals surface area contributed by atoms with Crippen LogP contribution in [0.15, 0.2) is 48.5 Å². The summed E-state index contributed by atoms with van der Waals surface area (Å²) in [5.74, 6) is 1.65. The lowest BCUT2D eigenvalue weighted by atomic mass is 10.0. The van der Waals surface area contributed by atoms with Crippen molar-refractivity contribution in [1.82, 2.24) is 0 Å². The lowest BCUT2D eigenvalue weighted by molar-refractivity contribution is 0.175. The molecule has 0 radical (unpaired) electrons. The third-order valence-electron chi connectivity index (χ3n) is 3.24. The molecule has 0 saturated heterocycles. The number of ether oxygens (including phenoxy) is 2. The number of aliphatic hydroxyl groups excluding tert-OH is 1. The zero-order chi connectivity index (χ0) is 14.4. The van der Waals surface area contributed by atoms with Crippen molar-refractivity contribution in [3.8, 4) is 11.5 Å². The van der Waals surface area contributed by atoms with E-state index in [1.165, 1.54) is 0 Å². The molecule has 2 aromatic carbocycles. The van der Waals surface area contributed by atoms with Crippen LogP contribution in [0.1, 0.15) is 11.1 Å². The second-order valence-corrected chi connectivity index (χ2v) is 4.76. The van der Waals surface area contributed by atoms with E-state index < -0.39 is 6.10 Å². The Morgan fingerprint density at radius 3 is 2.15 bits per heavy atom. The molecule has 1 atom stereocenters. The molecule has 0 aliphatic rings. The summed E-state index contributed by atoms with van der Waals surface area (Å²) in [4.78, 5) is 0. The fourth-order valence-corrected chi connectivity index (χ4v) is 2.18. The van der Waals surface area contributed by atoms with Gasteiger partial charge in [0.05, 0.1) is 20.3 Å². The van der Waals surface area contributed by atoms with Gasteiger partial charge in [-0.15, -0.1) is 0 Å². The molecule has 1 unspecified atom stereocenters. The number of rotatable bonds is 6. The van der Waals surface area contributed by atoms with E-state index in [4.69, 9.17) is 9.47 Å². The van der Waals surface area contributed by atoms with Crippen molar-refractivity contribution in [2.75, 3.05) is 14.2 Å². The van der Waals surface area contributed by atoms with Gasteiger partial charge in [0.25, 0.3) is 0 Å². The van der Waals surface area contributed by atoms with E-state index >= 15 is 0 Å². The summed E-state index contributed by atoms with van der Waals surface area (Å²) in [5, 5.41) is 10.2. The summed E-state index contributed by atoms with van der Waals surface area (Å²) in [6, 6.07) is 15.6. The van der Waals surface area contributed by atoms with Crippen molar-refractivity contribution >= 4 is 0 Å². The molecule has 0 bridgehead atoms. The van der Waals surface area contributed by atoms with Crippen LogP contribution in [0.4, 0.5) is 0 Å². The van der Waals surface area contributed by atoms with Crippen molar-refractivity contribution in [3.63, 3.8) is 0 Å². The molecule has 2 aromatic rings. The predicted octanol–water partition coefficient (Wildman–Crippen LogP) is 2.85. The molecule has 0 amide bonds. The lowest BCUT2D eigenvalue weighted by Gasteiger charge is -2.12. The highest BCUT2D eigenvalue weighted by atomic mass is 16.5. The molecule has 0 aromatic heterocycles. The van der Waals surface area contributed by atoms with Gasteiger partial charge in [0, 0.05) is 0 Å². The van der Waals surface area contributed by atoms with Crippen LogP contribution in [0.25, 0.3) is 0 Å². The number of hydrogen-bond donors (Lipinski definition) is 1. The number of benzene rings is 2. The topological polar surface area (TPSA) is 38.7 Å². The SMILES string of the molecule is COc1ccc(CC(O)Cc2cccc(OC)c2)cc1. The molecule has 3 heteroatoms. The zero-order valence-corrected chi connectivity index (χ0v) is 11.9. The molecular formula is C17H20O3. The largest absolute Gasteiger partial charge is 0.497 e. The Morgan fingerprint density at radius 1 is 0.850 bits per heavy atom. The van der Waals surface area contributed by atoms with Crippen LogP contribution in [0.3, 0.4) is 0 Å². The van der Waals surface area contributed by atoms with E-state index in [-0.39, 0.29) is 0 Å². The second-order valence-electron chi connectivity index (χ2n) is 4.76. The summed E-state index contributed by atoms with van der Waals surface area (Å²) in [7, 11) is 3.29. The highest BCUT2D eigenvalue weighted by Gasteiger charge is 2.08. The predicted molar refractivity (Wildman–Crippen MR) is 79.4 cm³/mol. The molecule has 20 heavy (non-hydrogen) atoms. The molecule has 1 N–H and O–H groups in total. The molecule has 3 nitrogen and oxygen atoms in total. The van der Waals surface area contributed by atoms with Crippen molar-refractivity contribution in [2.24, 2.45) is 0 Å². The Labute approximate surface area is 119 Å². The molecule has 0 heterocycles. The van der Waals surface area contributed by atoms with Gasteiger partial charge >= 0.3 is 0 Å². The van der Waals surface area contributed by atoms with E-state index in [0.717, 1.165) is 22.6 Å². The normalized spacial score (nSPS) is 11.9. The maximum atomic E-state index is 10.2. The average molecular weight is 272 g/mol. The third kappa shape index (κ3) is 4.00. The Balaban J connectivity index is 1.95. The standard InChI is InChI=1S/C17H20O3/c1-19-16-8-6-13(7-9-16)10-15(18)11-14-4-3-5-17(12-14)20-2/h3-9,12,15,18H,10-11H2,1-2H3. The molecule has 0 spiro atoms. The number of aliphatic hydroxyl groups is 1. The summed E-state index contributed by atoms with van der Waals surface area (Å²) >= 11 is 0. The summed E-state index contributed by atoms with van der Waals surface area (Å²) < 4.78 is 10.3. The van der Waals surface area contributed by atoms with Crippen LogP contribution in [-0.4, -0.2) is 25.4 Å². The first-order valence-electron chi connectivity index (χ1n) is 6.65. The highest BCUT2D eigenvalue weighted by molar-refractivity contribution is 5.30. The van der Waals surface area contributed by atoms with Crippen molar-refractivity contribution in [2.45, 2.75) is 18.9 Å². The van der Waals surface area contributed by atoms with Crippen molar-refractivity contribution < 1.29 is 14.6 Å². The van der Waals surface area contributed by atoms with Gasteiger partial charge < -0.3 is 14.6 Å². The lowest BCUT2D eigenvalue weighted by Crippen LogP contribution is -2.13. The first-order valence-corrected chi connectivity index (χ1v) is 6.65. The molecule has 0 fully saturated rings. The minimum absolute atomic E-state index is 0.407. The van der Waals surface area contributed by atoms with E-state index in [2.05, 4.69) is 0 Å². The van der Waals surface area contributed by atoms with E-state index in [9.17, 15) is 5.11 Å². The smallest absolute Gasteiger partial charge is 0.119 e. The summed E-state index contributed by atoms with van der Waals surface area (Å²) in [5.41, 5.74) is 2.17. The quantitative estimate of drug-likeness (QED) is 0.879. The Morgan fingerprint density at radius 2 is 1.50 bits per heavy atom. The van der Waals surface area contributed by atoms with Crippen LogP contribution in [0.5, 0.6) is 11.5 Å². The fourth-order valence-electron chi connectivity index (χ4n) is 2.18. The summed E-state index contributed by atoms with van der Waals surface area (Å²) in [6.07, 6.45) is 0.834. The molecule has 0 aliphatic heterocycles. The van der Waals surface area contributed by atoms with Crippen molar-refractivity contribution in [1.29, 1.82) is 0 Å². The maximum Gasteiger partial charge on any atom is 0.119 e. The second kappa shape index (κ2) is 6.96. The van der Waals surface area contributed by atoms with Gasteiger partial charge in [-0.1, -0.05) is 24.3 Å².